The topological polar surface area (TPSA) is 87.9 Å². The van der Waals surface area contributed by atoms with Crippen molar-refractivity contribution in [3.63, 3.8) is 0 Å². The number of anilines is 1. The van der Waals surface area contributed by atoms with Crippen LogP contribution in [0.1, 0.15) is 18.4 Å². The number of ether oxygens (including phenoxy) is 1. The Hall–Kier alpha value is -1.96. The zero-order valence-corrected chi connectivity index (χ0v) is 15.3. The number of hydrogen-bond acceptors (Lipinski definition) is 5. The van der Waals surface area contributed by atoms with Crippen molar-refractivity contribution in [1.82, 2.24) is 9.80 Å². The van der Waals surface area contributed by atoms with Gasteiger partial charge in [0, 0.05) is 38.4 Å². The van der Waals surface area contributed by atoms with Gasteiger partial charge < -0.3 is 25.6 Å². The standard InChI is InChI=1S/C19H28N4O3/c1-22-7-9-23(10-8-22)18(24)12-14-3-2-4-15(11-14)21-19(25)17-6-5-16(13-20)26-17/h2-4,11,16-17H,5-10,12-13,20H2,1H3,(H,21,25)/t16-,17+/m1/s1. The SMILES string of the molecule is CN1CCN(C(=O)Cc2cccc(NC(=O)[C@@H]3CC[C@H](CN)O3)c2)CC1. The first-order chi connectivity index (χ1) is 12.5. The van der Waals surface area contributed by atoms with Crippen molar-refractivity contribution < 1.29 is 14.3 Å². The average Bonchev–Trinajstić information content (AvgIpc) is 3.12. The van der Waals surface area contributed by atoms with E-state index in [1.165, 1.54) is 0 Å². The summed E-state index contributed by atoms with van der Waals surface area (Å²) in [6.07, 6.45) is 1.38. The molecule has 3 rings (SSSR count). The third-order valence-corrected chi connectivity index (χ3v) is 5.07. The predicted octanol–water partition coefficient (Wildman–Crippen LogP) is 0.448. The molecule has 0 aliphatic carbocycles. The lowest BCUT2D eigenvalue weighted by molar-refractivity contribution is -0.132. The fraction of sp³-hybridized carbons (Fsp3) is 0.579. The molecule has 0 aromatic heterocycles. The quantitative estimate of drug-likeness (QED) is 0.796. The summed E-state index contributed by atoms with van der Waals surface area (Å²) < 4.78 is 5.63. The molecule has 142 valence electrons. The number of rotatable bonds is 5. The van der Waals surface area contributed by atoms with Gasteiger partial charge in [-0.15, -0.1) is 0 Å². The zero-order valence-electron chi connectivity index (χ0n) is 15.3. The summed E-state index contributed by atoms with van der Waals surface area (Å²) in [5.74, 6) is -0.0185. The Balaban J connectivity index is 1.54. The van der Waals surface area contributed by atoms with Gasteiger partial charge in [-0.05, 0) is 37.6 Å². The number of likely N-dealkylation sites (N-methyl/N-ethyl adjacent to an activating group) is 1. The van der Waals surface area contributed by atoms with Crippen LogP contribution in [-0.4, -0.2) is 73.6 Å². The summed E-state index contributed by atoms with van der Waals surface area (Å²) in [5.41, 5.74) is 7.18. The normalized spacial score (nSPS) is 23.8. The van der Waals surface area contributed by atoms with E-state index in [9.17, 15) is 9.59 Å². The second-order valence-corrected chi connectivity index (χ2v) is 7.11. The summed E-state index contributed by atoms with van der Waals surface area (Å²) in [4.78, 5) is 28.9. The Morgan fingerprint density at radius 1 is 1.23 bits per heavy atom. The van der Waals surface area contributed by atoms with E-state index in [1.807, 2.05) is 29.2 Å². The molecule has 2 saturated heterocycles. The molecule has 1 aromatic rings. The Kier molecular flexibility index (Phi) is 6.24. The van der Waals surface area contributed by atoms with Crippen LogP contribution in [0, 0.1) is 0 Å². The number of benzene rings is 1. The monoisotopic (exact) mass is 360 g/mol. The molecule has 2 aliphatic rings. The summed E-state index contributed by atoms with van der Waals surface area (Å²) in [5, 5.41) is 2.89. The molecule has 0 unspecified atom stereocenters. The van der Waals surface area contributed by atoms with Crippen molar-refractivity contribution in [3.8, 4) is 0 Å². The van der Waals surface area contributed by atoms with Crippen LogP contribution in [0.4, 0.5) is 5.69 Å². The Morgan fingerprint density at radius 2 is 2.00 bits per heavy atom. The highest BCUT2D eigenvalue weighted by molar-refractivity contribution is 5.94. The first kappa shape index (κ1) is 18.8. The molecule has 26 heavy (non-hydrogen) atoms. The maximum absolute atomic E-state index is 12.5. The van der Waals surface area contributed by atoms with Crippen LogP contribution in [0.2, 0.25) is 0 Å². The lowest BCUT2D eigenvalue weighted by atomic mass is 10.1. The number of carbonyl (C=O) groups excluding carboxylic acids is 2. The number of piperazine rings is 1. The smallest absolute Gasteiger partial charge is 0.253 e. The van der Waals surface area contributed by atoms with E-state index in [0.717, 1.165) is 38.2 Å². The lowest BCUT2D eigenvalue weighted by Gasteiger charge is -2.32. The van der Waals surface area contributed by atoms with Crippen LogP contribution >= 0.6 is 0 Å². The first-order valence-electron chi connectivity index (χ1n) is 9.27. The van der Waals surface area contributed by atoms with Gasteiger partial charge in [-0.1, -0.05) is 12.1 Å². The third-order valence-electron chi connectivity index (χ3n) is 5.07. The highest BCUT2D eigenvalue weighted by Crippen LogP contribution is 2.21. The van der Waals surface area contributed by atoms with Gasteiger partial charge in [-0.3, -0.25) is 9.59 Å². The molecule has 2 heterocycles. The largest absolute Gasteiger partial charge is 0.364 e. The maximum Gasteiger partial charge on any atom is 0.253 e. The first-order valence-corrected chi connectivity index (χ1v) is 9.27. The molecular weight excluding hydrogens is 332 g/mol. The predicted molar refractivity (Wildman–Crippen MR) is 99.8 cm³/mol. The molecule has 7 heteroatoms. The Morgan fingerprint density at radius 3 is 2.69 bits per heavy atom. The number of nitrogens with two attached hydrogens (primary N) is 1. The van der Waals surface area contributed by atoms with E-state index in [-0.39, 0.29) is 17.9 Å². The van der Waals surface area contributed by atoms with Crippen molar-refractivity contribution in [2.24, 2.45) is 5.73 Å². The minimum Gasteiger partial charge on any atom is -0.364 e. The minimum absolute atomic E-state index is 0.0294. The van der Waals surface area contributed by atoms with Crippen LogP contribution in [0.5, 0.6) is 0 Å². The zero-order chi connectivity index (χ0) is 18.5. The molecule has 0 radical (unpaired) electrons. The van der Waals surface area contributed by atoms with Gasteiger partial charge in [-0.2, -0.15) is 0 Å². The molecule has 2 atom stereocenters. The second kappa shape index (κ2) is 8.62. The molecule has 2 amide bonds. The van der Waals surface area contributed by atoms with Gasteiger partial charge in [-0.25, -0.2) is 0 Å². The van der Waals surface area contributed by atoms with Gasteiger partial charge in [0.1, 0.15) is 6.10 Å². The van der Waals surface area contributed by atoms with Crippen LogP contribution in [0.3, 0.4) is 0 Å². The summed E-state index contributed by atoms with van der Waals surface area (Å²) in [6, 6.07) is 7.47. The van der Waals surface area contributed by atoms with Gasteiger partial charge in [0.15, 0.2) is 0 Å². The van der Waals surface area contributed by atoms with Crippen molar-refractivity contribution in [2.75, 3.05) is 45.1 Å². The van der Waals surface area contributed by atoms with E-state index in [1.54, 1.807) is 0 Å². The van der Waals surface area contributed by atoms with Crippen molar-refractivity contribution >= 4 is 17.5 Å². The molecule has 2 aliphatic heterocycles. The van der Waals surface area contributed by atoms with Gasteiger partial charge in [0.05, 0.1) is 12.5 Å². The van der Waals surface area contributed by atoms with Crippen LogP contribution < -0.4 is 11.1 Å². The molecule has 0 saturated carbocycles. The van der Waals surface area contributed by atoms with E-state index < -0.39 is 6.10 Å². The number of amides is 2. The number of hydrogen-bond donors (Lipinski definition) is 2. The number of nitrogens with one attached hydrogen (secondary N) is 1. The minimum atomic E-state index is -0.445. The van der Waals surface area contributed by atoms with Crippen LogP contribution in [-0.2, 0) is 20.7 Å². The van der Waals surface area contributed by atoms with E-state index in [0.29, 0.717) is 25.1 Å². The summed E-state index contributed by atoms with van der Waals surface area (Å²) in [7, 11) is 2.07. The highest BCUT2D eigenvalue weighted by Gasteiger charge is 2.29. The fourth-order valence-corrected chi connectivity index (χ4v) is 3.40. The molecule has 0 bridgehead atoms. The van der Waals surface area contributed by atoms with E-state index >= 15 is 0 Å². The second-order valence-electron chi connectivity index (χ2n) is 7.11. The van der Waals surface area contributed by atoms with Gasteiger partial charge in [0.25, 0.3) is 5.91 Å². The van der Waals surface area contributed by atoms with Crippen LogP contribution in [0.25, 0.3) is 0 Å². The molecule has 3 N–H and O–H groups in total. The highest BCUT2D eigenvalue weighted by atomic mass is 16.5. The maximum atomic E-state index is 12.5. The lowest BCUT2D eigenvalue weighted by Crippen LogP contribution is -2.47. The van der Waals surface area contributed by atoms with Gasteiger partial charge >= 0.3 is 0 Å². The number of nitrogens with zero attached hydrogens (tertiary/aromatic N) is 2. The summed E-state index contributed by atoms with van der Waals surface area (Å²) in [6.45, 7) is 3.80. The summed E-state index contributed by atoms with van der Waals surface area (Å²) >= 11 is 0. The Labute approximate surface area is 154 Å². The average molecular weight is 360 g/mol. The van der Waals surface area contributed by atoms with Crippen molar-refractivity contribution in [1.29, 1.82) is 0 Å². The molecule has 1 aromatic carbocycles. The van der Waals surface area contributed by atoms with Gasteiger partial charge in [0.2, 0.25) is 5.91 Å². The van der Waals surface area contributed by atoms with Crippen LogP contribution in [0.15, 0.2) is 24.3 Å². The van der Waals surface area contributed by atoms with E-state index in [4.69, 9.17) is 10.5 Å². The molecule has 0 spiro atoms. The van der Waals surface area contributed by atoms with E-state index in [2.05, 4.69) is 17.3 Å². The third kappa shape index (κ3) is 4.81. The van der Waals surface area contributed by atoms with Crippen molar-refractivity contribution in [3.05, 3.63) is 29.8 Å². The molecule has 2 fully saturated rings. The Bertz CT molecular complexity index is 612. The number of carbonyl (C=O) groups is 2. The molecule has 7 nitrogen and oxygen atoms in total. The van der Waals surface area contributed by atoms with Crippen molar-refractivity contribution in [2.45, 2.75) is 31.5 Å². The fourth-order valence-electron chi connectivity index (χ4n) is 3.40. The molecular formula is C19H28N4O3.